The molecule has 6 heteroatoms. The van der Waals surface area contributed by atoms with Gasteiger partial charge in [-0.25, -0.2) is 8.42 Å². The Morgan fingerprint density at radius 1 is 1.08 bits per heavy atom. The molecule has 1 N–H and O–H groups in total. The molecule has 1 aliphatic heterocycles. The monoisotopic (exact) mass is 348 g/mol. The van der Waals surface area contributed by atoms with E-state index in [-0.39, 0.29) is 6.04 Å². The van der Waals surface area contributed by atoms with Gasteiger partial charge in [0.2, 0.25) is 0 Å². The fourth-order valence-electron chi connectivity index (χ4n) is 3.37. The highest BCUT2D eigenvalue weighted by Crippen LogP contribution is 2.31. The zero-order chi connectivity index (χ0) is 17.2. The molecular formula is C18H24N2O3S. The third-order valence-corrected chi connectivity index (χ3v) is 6.23. The number of ether oxygens (including phenoxy) is 1. The molecule has 0 atom stereocenters. The van der Waals surface area contributed by atoms with Crippen molar-refractivity contribution in [2.24, 2.45) is 4.99 Å². The molecule has 130 valence electrons. The van der Waals surface area contributed by atoms with E-state index in [1.807, 2.05) is 6.92 Å². The number of hydrogen-bond acceptors (Lipinski definition) is 4. The summed E-state index contributed by atoms with van der Waals surface area (Å²) in [4.78, 5) is 5.04. The van der Waals surface area contributed by atoms with E-state index in [4.69, 9.17) is 9.73 Å². The fraction of sp³-hybridized carbons (Fsp3) is 0.500. The molecule has 0 radical (unpaired) electrons. The van der Waals surface area contributed by atoms with Crippen molar-refractivity contribution in [2.45, 2.75) is 51.5 Å². The normalized spacial score (nSPS) is 23.2. The van der Waals surface area contributed by atoms with Crippen LogP contribution in [0.15, 0.2) is 34.8 Å². The quantitative estimate of drug-likeness (QED) is 0.850. The van der Waals surface area contributed by atoms with Gasteiger partial charge in [0, 0.05) is 5.57 Å². The van der Waals surface area contributed by atoms with Gasteiger partial charge in [-0.15, -0.1) is 0 Å². The Morgan fingerprint density at radius 3 is 2.29 bits per heavy atom. The van der Waals surface area contributed by atoms with E-state index in [2.05, 4.69) is 4.72 Å². The summed E-state index contributed by atoms with van der Waals surface area (Å²) in [6.45, 7) is 1.83. The van der Waals surface area contributed by atoms with Gasteiger partial charge >= 0.3 is 0 Å². The van der Waals surface area contributed by atoms with Crippen molar-refractivity contribution < 1.29 is 13.2 Å². The number of methoxy groups -OCH3 is 1. The maximum absolute atomic E-state index is 12.6. The number of aliphatic imine (C=N–C) groups is 1. The summed E-state index contributed by atoms with van der Waals surface area (Å²) in [5.74, 6) is 1.21. The van der Waals surface area contributed by atoms with Crippen LogP contribution in [0.2, 0.25) is 0 Å². The summed E-state index contributed by atoms with van der Waals surface area (Å²) in [5, 5.41) is 0. The molecule has 3 rings (SSSR count). The van der Waals surface area contributed by atoms with Gasteiger partial charge in [0.1, 0.15) is 16.5 Å². The van der Waals surface area contributed by atoms with Gasteiger partial charge in [0.15, 0.2) is 0 Å². The van der Waals surface area contributed by atoms with Crippen LogP contribution in [0.25, 0.3) is 4.91 Å². The lowest BCUT2D eigenvalue weighted by Gasteiger charge is -2.10. The van der Waals surface area contributed by atoms with Crippen molar-refractivity contribution in [1.82, 2.24) is 4.72 Å². The van der Waals surface area contributed by atoms with E-state index in [1.165, 1.54) is 25.7 Å². The van der Waals surface area contributed by atoms with Crippen LogP contribution in [0.1, 0.15) is 51.0 Å². The largest absolute Gasteiger partial charge is 0.497 e. The molecule has 0 spiro atoms. The number of hydrogen-bond donors (Lipinski definition) is 1. The number of rotatable bonds is 3. The van der Waals surface area contributed by atoms with E-state index in [0.717, 1.165) is 12.8 Å². The van der Waals surface area contributed by atoms with Crippen LogP contribution in [0.3, 0.4) is 0 Å². The summed E-state index contributed by atoms with van der Waals surface area (Å²) < 4.78 is 32.9. The van der Waals surface area contributed by atoms with Crippen LogP contribution < -0.4 is 9.46 Å². The van der Waals surface area contributed by atoms with Crippen molar-refractivity contribution in [2.75, 3.05) is 7.11 Å². The number of nitrogens with one attached hydrogen (secondary N) is 1. The molecule has 1 aromatic carbocycles. The van der Waals surface area contributed by atoms with Crippen LogP contribution in [-0.4, -0.2) is 27.4 Å². The van der Waals surface area contributed by atoms with Crippen LogP contribution in [0.4, 0.5) is 0 Å². The fourth-order valence-corrected chi connectivity index (χ4v) is 4.88. The number of nitrogens with zero attached hydrogens (tertiary/aromatic N) is 1. The Hall–Kier alpha value is -1.82. The second kappa shape index (κ2) is 6.97. The SMILES string of the molecule is COc1ccc(C2=C(C)C(=NC3CCCCCC3)NS2(=O)=O)cc1. The first-order chi connectivity index (χ1) is 11.5. The maximum Gasteiger partial charge on any atom is 0.264 e. The Morgan fingerprint density at radius 2 is 1.71 bits per heavy atom. The zero-order valence-corrected chi connectivity index (χ0v) is 15.0. The summed E-state index contributed by atoms with van der Waals surface area (Å²) in [6, 6.07) is 7.30. The number of benzene rings is 1. The minimum absolute atomic E-state index is 0.218. The predicted molar refractivity (Wildman–Crippen MR) is 96.6 cm³/mol. The van der Waals surface area contributed by atoms with Crippen LogP contribution in [0, 0.1) is 0 Å². The van der Waals surface area contributed by atoms with Crippen LogP contribution in [0.5, 0.6) is 5.75 Å². The second-order valence-electron chi connectivity index (χ2n) is 6.41. The average molecular weight is 348 g/mol. The van der Waals surface area contributed by atoms with Gasteiger partial charge in [-0.05, 0) is 49.6 Å². The summed E-state index contributed by atoms with van der Waals surface area (Å²) in [7, 11) is -1.97. The third-order valence-electron chi connectivity index (χ3n) is 4.68. The third kappa shape index (κ3) is 3.48. The Bertz CT molecular complexity index is 756. The van der Waals surface area contributed by atoms with E-state index in [0.29, 0.717) is 27.6 Å². The topological polar surface area (TPSA) is 67.8 Å². The number of amidine groups is 1. The first-order valence-electron chi connectivity index (χ1n) is 8.47. The summed E-state index contributed by atoms with van der Waals surface area (Å²) >= 11 is 0. The number of sulfonamides is 1. The lowest BCUT2D eigenvalue weighted by atomic mass is 10.1. The van der Waals surface area contributed by atoms with Crippen molar-refractivity contribution in [1.29, 1.82) is 0 Å². The molecule has 24 heavy (non-hydrogen) atoms. The van der Waals surface area contributed by atoms with E-state index >= 15 is 0 Å². The highest BCUT2D eigenvalue weighted by Gasteiger charge is 2.33. The molecule has 1 fully saturated rings. The summed E-state index contributed by atoms with van der Waals surface area (Å²) in [6.07, 6.45) is 6.91. The first kappa shape index (κ1) is 17.0. The molecule has 0 bridgehead atoms. The van der Waals surface area contributed by atoms with Gasteiger partial charge in [0.25, 0.3) is 10.0 Å². The molecule has 0 unspecified atom stereocenters. The molecule has 1 heterocycles. The maximum atomic E-state index is 12.6. The lowest BCUT2D eigenvalue weighted by molar-refractivity contribution is 0.415. The van der Waals surface area contributed by atoms with Gasteiger partial charge < -0.3 is 4.74 Å². The molecule has 2 aliphatic rings. The van der Waals surface area contributed by atoms with Gasteiger partial charge in [-0.2, -0.15) is 0 Å². The van der Waals surface area contributed by atoms with E-state index < -0.39 is 10.0 Å². The predicted octanol–water partition coefficient (Wildman–Crippen LogP) is 3.48. The zero-order valence-electron chi connectivity index (χ0n) is 14.2. The summed E-state index contributed by atoms with van der Waals surface area (Å²) in [5.41, 5.74) is 1.36. The van der Waals surface area contributed by atoms with Gasteiger partial charge in [0.05, 0.1) is 13.2 Å². The highest BCUT2D eigenvalue weighted by molar-refractivity contribution is 8.00. The van der Waals surface area contributed by atoms with E-state index in [1.54, 1.807) is 31.4 Å². The lowest BCUT2D eigenvalue weighted by Crippen LogP contribution is -2.25. The minimum atomic E-state index is -3.56. The molecule has 1 aromatic rings. The molecule has 1 saturated carbocycles. The first-order valence-corrected chi connectivity index (χ1v) is 9.96. The molecule has 0 saturated heterocycles. The van der Waals surface area contributed by atoms with Gasteiger partial charge in [-0.3, -0.25) is 9.71 Å². The van der Waals surface area contributed by atoms with Crippen LogP contribution >= 0.6 is 0 Å². The van der Waals surface area contributed by atoms with Crippen molar-refractivity contribution in [3.05, 3.63) is 35.4 Å². The molecule has 0 aromatic heterocycles. The Labute approximate surface area is 143 Å². The average Bonchev–Trinajstić information content (AvgIpc) is 2.75. The van der Waals surface area contributed by atoms with Crippen molar-refractivity contribution >= 4 is 20.8 Å². The van der Waals surface area contributed by atoms with E-state index in [9.17, 15) is 8.42 Å². The van der Waals surface area contributed by atoms with Crippen molar-refractivity contribution in [3.63, 3.8) is 0 Å². The second-order valence-corrected chi connectivity index (χ2v) is 8.03. The molecule has 0 amide bonds. The highest BCUT2D eigenvalue weighted by atomic mass is 32.2. The standard InChI is InChI=1S/C18H24N2O3S/c1-13-17(14-9-11-16(23-2)12-10-14)24(21,22)20-18(13)19-15-7-5-3-4-6-8-15/h9-12,15H,3-8H2,1-2H3,(H,19,20). The molecule has 1 aliphatic carbocycles. The van der Waals surface area contributed by atoms with Crippen LogP contribution in [-0.2, 0) is 10.0 Å². The van der Waals surface area contributed by atoms with Gasteiger partial charge in [-0.1, -0.05) is 25.7 Å². The molecular weight excluding hydrogens is 324 g/mol. The Balaban J connectivity index is 1.95. The smallest absolute Gasteiger partial charge is 0.264 e. The Kier molecular flexibility index (Phi) is 4.94. The minimum Gasteiger partial charge on any atom is -0.497 e. The van der Waals surface area contributed by atoms with Crippen molar-refractivity contribution in [3.8, 4) is 5.75 Å². The molecule has 5 nitrogen and oxygen atoms in total.